The van der Waals surface area contributed by atoms with Crippen LogP contribution in [0.2, 0.25) is 0 Å². The van der Waals surface area contributed by atoms with Gasteiger partial charge in [-0.3, -0.25) is 4.98 Å². The van der Waals surface area contributed by atoms with Crippen molar-refractivity contribution in [1.82, 2.24) is 13.1 Å². The molecule has 0 aromatic carbocycles. The summed E-state index contributed by atoms with van der Waals surface area (Å²) < 4.78 is 7.99. The maximum absolute atomic E-state index is 5.76. The summed E-state index contributed by atoms with van der Waals surface area (Å²) in [7, 11) is 0. The van der Waals surface area contributed by atoms with E-state index in [1.165, 1.54) is 0 Å². The van der Waals surface area contributed by atoms with Crippen LogP contribution in [0.4, 0.5) is 0 Å². The first-order valence-electron chi connectivity index (χ1n) is 5.03. The molecular weight excluding hydrogens is 305 g/mol. The molecule has 0 unspecified atom stereocenters. The first kappa shape index (κ1) is 11.1. The molecule has 0 radical (unpaired) electrons. The lowest BCUT2D eigenvalue weighted by molar-refractivity contribution is 0.208. The predicted molar refractivity (Wildman–Crippen MR) is 66.1 cm³/mol. The van der Waals surface area contributed by atoms with Crippen LogP contribution in [0.5, 0.6) is 5.88 Å². The van der Waals surface area contributed by atoms with Gasteiger partial charge in [0.15, 0.2) is 0 Å². The average molecular weight is 319 g/mol. The molecule has 0 N–H and O–H groups in total. The van der Waals surface area contributed by atoms with Gasteiger partial charge in [-0.05, 0) is 20.3 Å². The maximum Gasteiger partial charge on any atom is 0.232 e. The van der Waals surface area contributed by atoms with Gasteiger partial charge < -0.3 is 4.74 Å². The van der Waals surface area contributed by atoms with Crippen LogP contribution in [0.25, 0.3) is 0 Å². The molecule has 82 valence electrons. The third-order valence-corrected chi connectivity index (χ3v) is 3.43. The molecule has 1 aliphatic heterocycles. The lowest BCUT2D eigenvalue weighted by Crippen LogP contribution is -2.19. The predicted octanol–water partition coefficient (Wildman–Crippen LogP) is 1.90. The molecule has 0 aliphatic carbocycles. The molecule has 0 spiro atoms. The first-order chi connectivity index (χ1) is 7.15. The zero-order valence-electron chi connectivity index (χ0n) is 8.90. The number of aryl methyl sites for hydroxylation is 2. The number of aromatic nitrogens is 2. The highest BCUT2D eigenvalue weighted by atomic mass is 127. The molecule has 1 fully saturated rings. The number of ether oxygens (including phenoxy) is 1. The summed E-state index contributed by atoms with van der Waals surface area (Å²) >= 11 is 2.32. The molecule has 2 heterocycles. The summed E-state index contributed by atoms with van der Waals surface area (Å²) in [5.41, 5.74) is 1.90. The molecule has 1 atom stereocenters. The van der Waals surface area contributed by atoms with Gasteiger partial charge in [0, 0.05) is 36.0 Å². The normalized spacial score (nSPS) is 21.9. The summed E-state index contributed by atoms with van der Waals surface area (Å²) in [6, 6.07) is 0. The van der Waals surface area contributed by atoms with Gasteiger partial charge in [-0.1, -0.05) is 0 Å². The molecular formula is C10H14IN3O. The summed E-state index contributed by atoms with van der Waals surface area (Å²) in [4.78, 5) is 8.59. The third-order valence-electron chi connectivity index (χ3n) is 2.55. The van der Waals surface area contributed by atoms with Crippen molar-refractivity contribution in [2.45, 2.75) is 26.4 Å². The number of halogens is 1. The first-order valence-corrected chi connectivity index (χ1v) is 5.99. The fraction of sp³-hybridized carbons (Fsp3) is 0.600. The zero-order valence-corrected chi connectivity index (χ0v) is 11.1. The summed E-state index contributed by atoms with van der Waals surface area (Å²) in [6.07, 6.45) is 3.04. The molecule has 2 rings (SSSR count). The van der Waals surface area contributed by atoms with Gasteiger partial charge in [-0.25, -0.2) is 8.10 Å². The minimum absolute atomic E-state index is 0.262. The highest BCUT2D eigenvalue weighted by molar-refractivity contribution is 14.1. The molecule has 15 heavy (non-hydrogen) atoms. The Hall–Kier alpha value is -0.430. The lowest BCUT2D eigenvalue weighted by atomic mass is 10.3. The Bertz CT molecular complexity index is 359. The van der Waals surface area contributed by atoms with Crippen molar-refractivity contribution in [2.24, 2.45) is 0 Å². The Morgan fingerprint density at radius 3 is 2.87 bits per heavy atom. The van der Waals surface area contributed by atoms with Gasteiger partial charge in [0.2, 0.25) is 5.88 Å². The van der Waals surface area contributed by atoms with Crippen LogP contribution in [0.1, 0.15) is 17.8 Å². The van der Waals surface area contributed by atoms with E-state index in [0.717, 1.165) is 30.9 Å². The quantitative estimate of drug-likeness (QED) is 0.616. The second kappa shape index (κ2) is 4.61. The Kier molecular flexibility index (Phi) is 3.40. The Morgan fingerprint density at radius 2 is 2.27 bits per heavy atom. The summed E-state index contributed by atoms with van der Waals surface area (Å²) in [6.45, 7) is 5.96. The third kappa shape index (κ3) is 2.78. The highest BCUT2D eigenvalue weighted by Crippen LogP contribution is 2.18. The smallest absolute Gasteiger partial charge is 0.232 e. The SMILES string of the molecule is Cc1ncc(O[C@@H]2CCN(I)C2)nc1C. The van der Waals surface area contributed by atoms with Crippen LogP contribution < -0.4 is 4.74 Å². The van der Waals surface area contributed by atoms with Gasteiger partial charge in [-0.15, -0.1) is 0 Å². The van der Waals surface area contributed by atoms with E-state index < -0.39 is 0 Å². The minimum atomic E-state index is 0.262. The van der Waals surface area contributed by atoms with Crippen LogP contribution in [0, 0.1) is 13.8 Å². The van der Waals surface area contributed by atoms with Crippen molar-refractivity contribution in [3.63, 3.8) is 0 Å². The fourth-order valence-electron chi connectivity index (χ4n) is 1.53. The Labute approximate surface area is 104 Å². The van der Waals surface area contributed by atoms with Crippen LogP contribution in [0.3, 0.4) is 0 Å². The number of hydrogen-bond donors (Lipinski definition) is 0. The maximum atomic E-state index is 5.76. The minimum Gasteiger partial charge on any atom is -0.472 e. The zero-order chi connectivity index (χ0) is 10.8. The summed E-state index contributed by atoms with van der Waals surface area (Å²) in [5.74, 6) is 0.648. The average Bonchev–Trinajstić information content (AvgIpc) is 2.58. The molecule has 0 saturated carbocycles. The van der Waals surface area contributed by atoms with E-state index in [4.69, 9.17) is 4.74 Å². The van der Waals surface area contributed by atoms with Crippen molar-refractivity contribution < 1.29 is 4.74 Å². The number of nitrogens with zero attached hydrogens (tertiary/aromatic N) is 3. The lowest BCUT2D eigenvalue weighted by Gasteiger charge is -2.12. The Balaban J connectivity index is 2.02. The van der Waals surface area contributed by atoms with Gasteiger partial charge in [-0.2, -0.15) is 0 Å². The van der Waals surface area contributed by atoms with Crippen molar-refractivity contribution in [2.75, 3.05) is 13.1 Å². The van der Waals surface area contributed by atoms with E-state index in [-0.39, 0.29) is 6.10 Å². The van der Waals surface area contributed by atoms with E-state index in [1.807, 2.05) is 13.8 Å². The van der Waals surface area contributed by atoms with Gasteiger partial charge in [0.1, 0.15) is 6.10 Å². The van der Waals surface area contributed by atoms with Crippen molar-refractivity contribution in [1.29, 1.82) is 0 Å². The van der Waals surface area contributed by atoms with Crippen molar-refractivity contribution >= 4 is 22.9 Å². The molecule has 5 heteroatoms. The van der Waals surface area contributed by atoms with E-state index in [1.54, 1.807) is 6.20 Å². The Morgan fingerprint density at radius 1 is 1.47 bits per heavy atom. The standard InChI is InChI=1S/C10H14IN3O/c1-7-8(2)13-10(5-12-7)15-9-3-4-14(11)6-9/h5,9H,3-4,6H2,1-2H3/t9-/m1/s1. The molecule has 1 saturated heterocycles. The summed E-state index contributed by atoms with van der Waals surface area (Å²) in [5, 5.41) is 0. The van der Waals surface area contributed by atoms with Crippen molar-refractivity contribution in [3.05, 3.63) is 17.6 Å². The number of hydrogen-bond acceptors (Lipinski definition) is 4. The second-order valence-electron chi connectivity index (χ2n) is 3.78. The molecule has 1 aromatic rings. The topological polar surface area (TPSA) is 38.2 Å². The largest absolute Gasteiger partial charge is 0.472 e. The second-order valence-corrected chi connectivity index (χ2v) is 5.14. The molecule has 0 amide bonds. The molecule has 1 aromatic heterocycles. The van der Waals surface area contributed by atoms with Gasteiger partial charge in [0.25, 0.3) is 0 Å². The molecule has 4 nitrogen and oxygen atoms in total. The van der Waals surface area contributed by atoms with Crippen LogP contribution >= 0.6 is 22.9 Å². The van der Waals surface area contributed by atoms with E-state index in [9.17, 15) is 0 Å². The molecule has 0 bridgehead atoms. The van der Waals surface area contributed by atoms with Crippen LogP contribution in [-0.4, -0.2) is 32.3 Å². The monoisotopic (exact) mass is 319 g/mol. The van der Waals surface area contributed by atoms with E-state index in [0.29, 0.717) is 5.88 Å². The molecule has 1 aliphatic rings. The van der Waals surface area contributed by atoms with Gasteiger partial charge in [0.05, 0.1) is 17.6 Å². The van der Waals surface area contributed by atoms with E-state index >= 15 is 0 Å². The fourth-order valence-corrected chi connectivity index (χ4v) is 2.25. The van der Waals surface area contributed by atoms with Crippen LogP contribution in [0.15, 0.2) is 6.20 Å². The van der Waals surface area contributed by atoms with Crippen LogP contribution in [-0.2, 0) is 0 Å². The van der Waals surface area contributed by atoms with E-state index in [2.05, 4.69) is 35.9 Å². The van der Waals surface area contributed by atoms with Crippen molar-refractivity contribution in [3.8, 4) is 5.88 Å². The van der Waals surface area contributed by atoms with Gasteiger partial charge >= 0.3 is 0 Å². The highest BCUT2D eigenvalue weighted by Gasteiger charge is 2.22. The number of rotatable bonds is 2.